The number of methoxy groups -OCH3 is 1. The number of nitrogens with one attached hydrogen (secondary N) is 1. The third kappa shape index (κ3) is 4.65. The van der Waals surface area contributed by atoms with Crippen LogP contribution in [0.1, 0.15) is 32.0 Å². The number of nitrogens with two attached hydrogens (primary N) is 1. The van der Waals surface area contributed by atoms with Crippen molar-refractivity contribution >= 4 is 30.1 Å². The Bertz CT molecular complexity index is 722. The highest BCUT2D eigenvalue weighted by molar-refractivity contribution is 5.93. The molecule has 3 N–H and O–H groups in total. The summed E-state index contributed by atoms with van der Waals surface area (Å²) in [6, 6.07) is 6.65. The number of nitrogen functional groups attached to an aromatic ring is 1. The van der Waals surface area contributed by atoms with Gasteiger partial charge in [0.25, 0.3) is 5.91 Å². The summed E-state index contributed by atoms with van der Waals surface area (Å²) in [5.41, 5.74) is 7.86. The number of halogens is 1. The second-order valence-electron chi connectivity index (χ2n) is 4.65. The van der Waals surface area contributed by atoms with E-state index in [9.17, 15) is 9.59 Å². The standard InChI is InChI=1S/C15H16N4O3.ClH/c1-9-5-10(3-4-11(9)15(21)22-2)7-17-14(20)12-6-13(16)19-8-18-12;/h3-6,8H,7H2,1-2H3,(H,17,20)(H2,16,18,19);1H. The van der Waals surface area contributed by atoms with Crippen molar-refractivity contribution in [1.82, 2.24) is 15.3 Å². The van der Waals surface area contributed by atoms with Gasteiger partial charge >= 0.3 is 5.97 Å². The summed E-state index contributed by atoms with van der Waals surface area (Å²) in [5, 5.41) is 2.73. The molecule has 1 heterocycles. The summed E-state index contributed by atoms with van der Waals surface area (Å²) >= 11 is 0. The minimum Gasteiger partial charge on any atom is -0.465 e. The summed E-state index contributed by atoms with van der Waals surface area (Å²) < 4.78 is 4.69. The molecule has 1 aromatic heterocycles. The Hall–Kier alpha value is -2.67. The Morgan fingerprint density at radius 1 is 1.26 bits per heavy atom. The molecule has 2 aromatic rings. The average Bonchev–Trinajstić information content (AvgIpc) is 2.52. The van der Waals surface area contributed by atoms with Crippen molar-refractivity contribution in [3.8, 4) is 0 Å². The minimum atomic E-state index is -0.385. The molecule has 0 radical (unpaired) electrons. The van der Waals surface area contributed by atoms with Crippen LogP contribution in [0.5, 0.6) is 0 Å². The smallest absolute Gasteiger partial charge is 0.338 e. The van der Waals surface area contributed by atoms with E-state index in [2.05, 4.69) is 20.0 Å². The molecule has 7 nitrogen and oxygen atoms in total. The van der Waals surface area contributed by atoms with E-state index in [0.717, 1.165) is 11.1 Å². The van der Waals surface area contributed by atoms with Gasteiger partial charge in [-0.15, -0.1) is 12.4 Å². The molecular formula is C15H17ClN4O3. The van der Waals surface area contributed by atoms with Gasteiger partial charge in [0.1, 0.15) is 17.8 Å². The minimum absolute atomic E-state index is 0. The molecule has 1 amide bonds. The molecule has 0 saturated heterocycles. The van der Waals surface area contributed by atoms with E-state index in [0.29, 0.717) is 12.1 Å². The Morgan fingerprint density at radius 3 is 2.61 bits per heavy atom. The van der Waals surface area contributed by atoms with Gasteiger partial charge in [0.15, 0.2) is 0 Å². The summed E-state index contributed by atoms with van der Waals surface area (Å²) in [7, 11) is 1.34. The molecule has 1 aromatic carbocycles. The molecule has 8 heteroatoms. The molecule has 0 bridgehead atoms. The summed E-state index contributed by atoms with van der Waals surface area (Å²) in [6.07, 6.45) is 1.24. The first-order valence-electron chi connectivity index (χ1n) is 6.55. The molecular weight excluding hydrogens is 320 g/mol. The van der Waals surface area contributed by atoms with Crippen LogP contribution in [0, 0.1) is 6.92 Å². The van der Waals surface area contributed by atoms with E-state index in [4.69, 9.17) is 5.73 Å². The van der Waals surface area contributed by atoms with Crippen molar-refractivity contribution in [1.29, 1.82) is 0 Å². The molecule has 0 aliphatic carbocycles. The fourth-order valence-corrected chi connectivity index (χ4v) is 1.94. The lowest BCUT2D eigenvalue weighted by Crippen LogP contribution is -2.24. The number of amides is 1. The zero-order valence-electron chi connectivity index (χ0n) is 12.7. The first-order chi connectivity index (χ1) is 10.5. The third-order valence-corrected chi connectivity index (χ3v) is 3.07. The first-order valence-corrected chi connectivity index (χ1v) is 6.55. The van der Waals surface area contributed by atoms with Crippen LogP contribution < -0.4 is 11.1 Å². The SMILES string of the molecule is COC(=O)c1ccc(CNC(=O)c2cc(N)ncn2)cc1C.Cl. The number of aryl methyl sites for hydroxylation is 1. The van der Waals surface area contributed by atoms with Crippen molar-refractivity contribution < 1.29 is 14.3 Å². The van der Waals surface area contributed by atoms with Crippen LogP contribution >= 0.6 is 12.4 Å². The largest absolute Gasteiger partial charge is 0.465 e. The summed E-state index contributed by atoms with van der Waals surface area (Å²) in [4.78, 5) is 31.0. The molecule has 0 fully saturated rings. The van der Waals surface area contributed by atoms with Gasteiger partial charge in [0.05, 0.1) is 12.7 Å². The fourth-order valence-electron chi connectivity index (χ4n) is 1.94. The molecule has 2 rings (SSSR count). The Morgan fingerprint density at radius 2 is 2.00 bits per heavy atom. The number of carbonyl (C=O) groups is 2. The van der Waals surface area contributed by atoms with Crippen molar-refractivity contribution in [2.45, 2.75) is 13.5 Å². The van der Waals surface area contributed by atoms with Crippen molar-refractivity contribution in [3.63, 3.8) is 0 Å². The average molecular weight is 337 g/mol. The molecule has 122 valence electrons. The van der Waals surface area contributed by atoms with Crippen LogP contribution in [-0.2, 0) is 11.3 Å². The van der Waals surface area contributed by atoms with Crippen molar-refractivity contribution in [2.75, 3.05) is 12.8 Å². The van der Waals surface area contributed by atoms with Crippen LogP contribution in [0.3, 0.4) is 0 Å². The maximum atomic E-state index is 11.9. The highest BCUT2D eigenvalue weighted by atomic mass is 35.5. The number of carbonyl (C=O) groups excluding carboxylic acids is 2. The highest BCUT2D eigenvalue weighted by Gasteiger charge is 2.11. The first kappa shape index (κ1) is 18.4. The summed E-state index contributed by atoms with van der Waals surface area (Å²) in [6.45, 7) is 2.12. The van der Waals surface area contributed by atoms with Gasteiger partial charge in [0, 0.05) is 12.6 Å². The molecule has 0 spiro atoms. The van der Waals surface area contributed by atoms with E-state index in [-0.39, 0.29) is 35.8 Å². The van der Waals surface area contributed by atoms with Gasteiger partial charge in [-0.05, 0) is 24.1 Å². The number of ether oxygens (including phenoxy) is 1. The monoisotopic (exact) mass is 336 g/mol. The number of hydrogen-bond donors (Lipinski definition) is 2. The van der Waals surface area contributed by atoms with E-state index >= 15 is 0 Å². The van der Waals surface area contributed by atoms with E-state index in [1.54, 1.807) is 12.1 Å². The normalized spacial score (nSPS) is 9.65. The second kappa shape index (κ2) is 8.09. The summed E-state index contributed by atoms with van der Waals surface area (Å²) in [5.74, 6) is -0.494. The number of rotatable bonds is 4. The zero-order valence-corrected chi connectivity index (χ0v) is 13.5. The Kier molecular flexibility index (Phi) is 6.47. The lowest BCUT2D eigenvalue weighted by Gasteiger charge is -2.08. The van der Waals surface area contributed by atoms with E-state index in [1.165, 1.54) is 19.5 Å². The molecule has 0 unspecified atom stereocenters. The Labute approximate surface area is 139 Å². The number of benzene rings is 1. The van der Waals surface area contributed by atoms with Gasteiger partial charge in [0.2, 0.25) is 0 Å². The highest BCUT2D eigenvalue weighted by Crippen LogP contribution is 2.12. The van der Waals surface area contributed by atoms with Crippen LogP contribution in [0.2, 0.25) is 0 Å². The van der Waals surface area contributed by atoms with E-state index < -0.39 is 0 Å². The molecule has 0 saturated carbocycles. The van der Waals surface area contributed by atoms with Crippen molar-refractivity contribution in [3.05, 3.63) is 53.0 Å². The molecule has 23 heavy (non-hydrogen) atoms. The number of hydrogen-bond acceptors (Lipinski definition) is 6. The van der Waals surface area contributed by atoms with E-state index in [1.807, 2.05) is 13.0 Å². The maximum absolute atomic E-state index is 11.9. The van der Waals surface area contributed by atoms with Crippen LogP contribution in [0.15, 0.2) is 30.6 Å². The van der Waals surface area contributed by atoms with Crippen molar-refractivity contribution in [2.24, 2.45) is 0 Å². The third-order valence-electron chi connectivity index (χ3n) is 3.07. The zero-order chi connectivity index (χ0) is 16.1. The molecule has 0 aliphatic heterocycles. The van der Waals surface area contributed by atoms with Crippen LogP contribution in [0.25, 0.3) is 0 Å². The predicted octanol–water partition coefficient (Wildman–Crippen LogP) is 1.51. The topological polar surface area (TPSA) is 107 Å². The lowest BCUT2D eigenvalue weighted by molar-refractivity contribution is 0.0599. The van der Waals surface area contributed by atoms with Gasteiger partial charge in [-0.2, -0.15) is 0 Å². The van der Waals surface area contributed by atoms with Gasteiger partial charge in [-0.3, -0.25) is 4.79 Å². The molecule has 0 aliphatic rings. The predicted molar refractivity (Wildman–Crippen MR) is 87.4 cm³/mol. The van der Waals surface area contributed by atoms with Gasteiger partial charge in [-0.1, -0.05) is 12.1 Å². The maximum Gasteiger partial charge on any atom is 0.338 e. The fraction of sp³-hybridized carbons (Fsp3) is 0.200. The number of anilines is 1. The number of esters is 1. The van der Waals surface area contributed by atoms with Crippen LogP contribution in [0.4, 0.5) is 5.82 Å². The molecule has 0 atom stereocenters. The lowest BCUT2D eigenvalue weighted by atomic mass is 10.1. The Balaban J connectivity index is 0.00000264. The number of nitrogens with zero attached hydrogens (tertiary/aromatic N) is 2. The van der Waals surface area contributed by atoms with Gasteiger partial charge < -0.3 is 15.8 Å². The quantitative estimate of drug-likeness (QED) is 0.819. The van der Waals surface area contributed by atoms with Gasteiger partial charge in [-0.25, -0.2) is 14.8 Å². The van der Waals surface area contributed by atoms with Crippen LogP contribution in [-0.4, -0.2) is 29.0 Å². The number of aromatic nitrogens is 2. The second-order valence-corrected chi connectivity index (χ2v) is 4.65.